The van der Waals surface area contributed by atoms with Crippen LogP contribution in [0, 0.1) is 5.92 Å². The predicted octanol–water partition coefficient (Wildman–Crippen LogP) is 2.11. The summed E-state index contributed by atoms with van der Waals surface area (Å²) in [5.74, 6) is 0.657. The number of carbonyl (C=O) groups is 1. The van der Waals surface area contributed by atoms with Crippen molar-refractivity contribution in [1.82, 2.24) is 15.5 Å². The van der Waals surface area contributed by atoms with Crippen molar-refractivity contribution in [3.05, 3.63) is 30.0 Å². The topological polar surface area (TPSA) is 67.0 Å². The van der Waals surface area contributed by atoms with Crippen molar-refractivity contribution < 1.29 is 9.53 Å². The Morgan fingerprint density at radius 1 is 1.40 bits per heavy atom. The molecule has 1 aromatic heterocycles. The summed E-state index contributed by atoms with van der Waals surface area (Å²) in [4.78, 5) is 12.0. The maximum atomic E-state index is 12.0. The van der Waals surface area contributed by atoms with E-state index >= 15 is 0 Å². The first-order valence-corrected chi connectivity index (χ1v) is 7.13. The van der Waals surface area contributed by atoms with Gasteiger partial charge in [-0.05, 0) is 31.2 Å². The average molecular weight is 273 g/mol. The van der Waals surface area contributed by atoms with Crippen LogP contribution < -0.4 is 5.32 Å². The molecule has 0 unspecified atom stereocenters. The summed E-state index contributed by atoms with van der Waals surface area (Å²) in [5, 5.41) is 10.7. The number of nitrogens with zero attached hydrogens (tertiary/aromatic N) is 1. The standard InChI is InChI=1S/C15H19N3O2/c19-15(16-8-3-9-20-10-11-6-7-11)14-12-4-1-2-5-13(12)17-18-14/h1-2,4-5,11H,3,6-10H2,(H,16,19)(H,17,18). The Morgan fingerprint density at radius 2 is 2.25 bits per heavy atom. The molecule has 0 spiro atoms. The van der Waals surface area contributed by atoms with Gasteiger partial charge in [0.2, 0.25) is 0 Å². The van der Waals surface area contributed by atoms with Gasteiger partial charge in [-0.15, -0.1) is 0 Å². The fourth-order valence-electron chi connectivity index (χ4n) is 2.13. The molecule has 2 aromatic rings. The lowest BCUT2D eigenvalue weighted by atomic mass is 10.2. The van der Waals surface area contributed by atoms with Gasteiger partial charge in [0.05, 0.1) is 5.52 Å². The van der Waals surface area contributed by atoms with E-state index in [-0.39, 0.29) is 5.91 Å². The summed E-state index contributed by atoms with van der Waals surface area (Å²) >= 11 is 0. The lowest BCUT2D eigenvalue weighted by Gasteiger charge is -2.04. The Hall–Kier alpha value is -1.88. The zero-order valence-electron chi connectivity index (χ0n) is 11.4. The van der Waals surface area contributed by atoms with Gasteiger partial charge in [-0.2, -0.15) is 5.10 Å². The molecule has 1 saturated carbocycles. The third kappa shape index (κ3) is 3.17. The van der Waals surface area contributed by atoms with Crippen molar-refractivity contribution in [1.29, 1.82) is 0 Å². The van der Waals surface area contributed by atoms with Crippen molar-refractivity contribution in [2.45, 2.75) is 19.3 Å². The van der Waals surface area contributed by atoms with Crippen LogP contribution >= 0.6 is 0 Å². The number of aromatic amines is 1. The highest BCUT2D eigenvalue weighted by Crippen LogP contribution is 2.28. The number of carbonyl (C=O) groups excluding carboxylic acids is 1. The number of benzene rings is 1. The first-order chi connectivity index (χ1) is 9.84. The molecular formula is C15H19N3O2. The van der Waals surface area contributed by atoms with Crippen molar-refractivity contribution in [3.63, 3.8) is 0 Å². The lowest BCUT2D eigenvalue weighted by Crippen LogP contribution is -2.25. The van der Waals surface area contributed by atoms with Gasteiger partial charge >= 0.3 is 0 Å². The van der Waals surface area contributed by atoms with Gasteiger partial charge in [-0.1, -0.05) is 18.2 Å². The number of amides is 1. The smallest absolute Gasteiger partial charge is 0.272 e. The molecule has 1 heterocycles. The number of nitrogens with one attached hydrogen (secondary N) is 2. The summed E-state index contributed by atoms with van der Waals surface area (Å²) < 4.78 is 5.53. The largest absolute Gasteiger partial charge is 0.381 e. The monoisotopic (exact) mass is 273 g/mol. The zero-order valence-corrected chi connectivity index (χ0v) is 11.4. The molecule has 1 fully saturated rings. The van der Waals surface area contributed by atoms with Gasteiger partial charge < -0.3 is 10.1 Å². The van der Waals surface area contributed by atoms with Crippen LogP contribution in [0.25, 0.3) is 10.9 Å². The van der Waals surface area contributed by atoms with Crippen molar-refractivity contribution in [2.24, 2.45) is 5.92 Å². The number of hydrogen-bond donors (Lipinski definition) is 2. The van der Waals surface area contributed by atoms with E-state index in [9.17, 15) is 4.79 Å². The molecule has 1 aliphatic carbocycles. The Labute approximate surface area is 117 Å². The SMILES string of the molecule is O=C(NCCCOCC1CC1)c1n[nH]c2ccccc12. The minimum absolute atomic E-state index is 0.135. The second-order valence-electron chi connectivity index (χ2n) is 5.25. The first-order valence-electron chi connectivity index (χ1n) is 7.13. The van der Waals surface area contributed by atoms with Gasteiger partial charge in [0.25, 0.3) is 5.91 Å². The van der Waals surface area contributed by atoms with Crippen LogP contribution in [0.2, 0.25) is 0 Å². The Morgan fingerprint density at radius 3 is 3.10 bits per heavy atom. The Balaban J connectivity index is 1.44. The molecule has 1 aliphatic rings. The molecule has 20 heavy (non-hydrogen) atoms. The second kappa shape index (κ2) is 6.05. The van der Waals surface area contributed by atoms with E-state index in [4.69, 9.17) is 4.74 Å². The van der Waals surface area contributed by atoms with E-state index < -0.39 is 0 Å². The second-order valence-corrected chi connectivity index (χ2v) is 5.25. The van der Waals surface area contributed by atoms with Gasteiger partial charge in [0, 0.05) is 25.1 Å². The Bertz CT molecular complexity index is 590. The lowest BCUT2D eigenvalue weighted by molar-refractivity contribution is 0.0934. The summed E-state index contributed by atoms with van der Waals surface area (Å²) in [6.07, 6.45) is 3.45. The summed E-state index contributed by atoms with van der Waals surface area (Å²) in [7, 11) is 0. The zero-order chi connectivity index (χ0) is 13.8. The van der Waals surface area contributed by atoms with E-state index in [2.05, 4.69) is 15.5 Å². The molecule has 1 aromatic carbocycles. The summed E-state index contributed by atoms with van der Waals surface area (Å²) in [6, 6.07) is 7.62. The highest BCUT2D eigenvalue weighted by atomic mass is 16.5. The fraction of sp³-hybridized carbons (Fsp3) is 0.467. The van der Waals surface area contributed by atoms with Crippen LogP contribution in [-0.2, 0) is 4.74 Å². The molecule has 2 N–H and O–H groups in total. The third-order valence-electron chi connectivity index (χ3n) is 3.49. The number of fused-ring (bicyclic) bond motifs is 1. The molecule has 0 saturated heterocycles. The summed E-state index contributed by atoms with van der Waals surface area (Å²) in [5.41, 5.74) is 1.34. The molecule has 5 heteroatoms. The molecule has 0 aliphatic heterocycles. The fourth-order valence-corrected chi connectivity index (χ4v) is 2.13. The third-order valence-corrected chi connectivity index (χ3v) is 3.49. The average Bonchev–Trinajstić information content (AvgIpc) is 3.19. The van der Waals surface area contributed by atoms with Gasteiger partial charge in [0.15, 0.2) is 5.69 Å². The predicted molar refractivity (Wildman–Crippen MR) is 76.6 cm³/mol. The quantitative estimate of drug-likeness (QED) is 0.759. The first kappa shape index (κ1) is 13.1. The van der Waals surface area contributed by atoms with E-state index in [0.717, 1.165) is 29.8 Å². The van der Waals surface area contributed by atoms with Crippen molar-refractivity contribution >= 4 is 16.8 Å². The number of aromatic nitrogens is 2. The normalized spacial score (nSPS) is 14.6. The minimum Gasteiger partial charge on any atom is -0.381 e. The Kier molecular flexibility index (Phi) is 3.97. The van der Waals surface area contributed by atoms with Gasteiger partial charge in [0.1, 0.15) is 0 Å². The highest BCUT2D eigenvalue weighted by Gasteiger charge is 2.20. The molecular weight excluding hydrogens is 254 g/mol. The maximum absolute atomic E-state index is 12.0. The molecule has 3 rings (SSSR count). The van der Waals surface area contributed by atoms with Gasteiger partial charge in [-0.25, -0.2) is 0 Å². The minimum atomic E-state index is -0.135. The van der Waals surface area contributed by atoms with E-state index in [1.54, 1.807) is 0 Å². The van der Waals surface area contributed by atoms with Crippen molar-refractivity contribution in [3.8, 4) is 0 Å². The number of ether oxygens (including phenoxy) is 1. The summed E-state index contributed by atoms with van der Waals surface area (Å²) in [6.45, 7) is 2.20. The van der Waals surface area contributed by atoms with Crippen LogP contribution in [0.5, 0.6) is 0 Å². The molecule has 0 radical (unpaired) electrons. The van der Waals surface area contributed by atoms with E-state index in [1.165, 1.54) is 12.8 Å². The van der Waals surface area contributed by atoms with E-state index in [1.807, 2.05) is 24.3 Å². The number of hydrogen-bond acceptors (Lipinski definition) is 3. The molecule has 5 nitrogen and oxygen atoms in total. The van der Waals surface area contributed by atoms with Crippen molar-refractivity contribution in [2.75, 3.05) is 19.8 Å². The number of rotatable bonds is 7. The van der Waals surface area contributed by atoms with Gasteiger partial charge in [-0.3, -0.25) is 9.89 Å². The molecule has 106 valence electrons. The number of para-hydroxylation sites is 1. The molecule has 0 bridgehead atoms. The molecule has 1 amide bonds. The highest BCUT2D eigenvalue weighted by molar-refractivity contribution is 6.04. The van der Waals surface area contributed by atoms with Crippen LogP contribution in [0.3, 0.4) is 0 Å². The number of H-pyrrole nitrogens is 1. The van der Waals surface area contributed by atoms with Crippen LogP contribution in [0.4, 0.5) is 0 Å². The van der Waals surface area contributed by atoms with Crippen LogP contribution in [-0.4, -0.2) is 35.9 Å². The molecule has 0 atom stereocenters. The van der Waals surface area contributed by atoms with Crippen LogP contribution in [0.15, 0.2) is 24.3 Å². The maximum Gasteiger partial charge on any atom is 0.272 e. The van der Waals surface area contributed by atoms with Crippen LogP contribution in [0.1, 0.15) is 29.8 Å². The van der Waals surface area contributed by atoms with E-state index in [0.29, 0.717) is 18.8 Å².